The predicted molar refractivity (Wildman–Crippen MR) is 98.4 cm³/mol. The number of carbonyl (C=O) groups excluding carboxylic acids is 2. The van der Waals surface area contributed by atoms with Gasteiger partial charge in [-0.3, -0.25) is 14.6 Å². The summed E-state index contributed by atoms with van der Waals surface area (Å²) in [4.78, 5) is 32.4. The molecule has 0 unspecified atom stereocenters. The van der Waals surface area contributed by atoms with Crippen LogP contribution in [-0.4, -0.2) is 28.3 Å². The van der Waals surface area contributed by atoms with Crippen molar-refractivity contribution in [3.05, 3.63) is 65.2 Å². The maximum absolute atomic E-state index is 12.0. The molecule has 0 aliphatic rings. The average Bonchev–Trinajstić information content (AvgIpc) is 3.17. The van der Waals surface area contributed by atoms with Gasteiger partial charge in [0.2, 0.25) is 11.8 Å². The molecule has 3 rings (SSSR count). The Hall–Kier alpha value is -3.26. The van der Waals surface area contributed by atoms with Gasteiger partial charge in [0.1, 0.15) is 5.75 Å². The lowest BCUT2D eigenvalue weighted by Crippen LogP contribution is -2.27. The highest BCUT2D eigenvalue weighted by Crippen LogP contribution is 2.22. The van der Waals surface area contributed by atoms with Crippen molar-refractivity contribution in [3.63, 3.8) is 0 Å². The topological polar surface area (TPSA) is 93.2 Å². The van der Waals surface area contributed by atoms with E-state index in [-0.39, 0.29) is 24.8 Å². The summed E-state index contributed by atoms with van der Waals surface area (Å²) in [6.07, 6.45) is 4.76. The highest BCUT2D eigenvalue weighted by atomic mass is 32.1. The number of benzene rings is 1. The first-order valence-electron chi connectivity index (χ1n) is 7.86. The van der Waals surface area contributed by atoms with Crippen molar-refractivity contribution in [1.82, 2.24) is 15.3 Å². The summed E-state index contributed by atoms with van der Waals surface area (Å²) in [5.41, 5.74) is 0.598. The molecule has 7 nitrogen and oxygen atoms in total. The lowest BCUT2D eigenvalue weighted by Gasteiger charge is -2.08. The minimum Gasteiger partial charge on any atom is -0.437 e. The second-order valence-corrected chi connectivity index (χ2v) is 6.15. The van der Waals surface area contributed by atoms with E-state index in [4.69, 9.17) is 4.74 Å². The van der Waals surface area contributed by atoms with Gasteiger partial charge < -0.3 is 15.4 Å². The van der Waals surface area contributed by atoms with Gasteiger partial charge in [0.25, 0.3) is 5.91 Å². The van der Waals surface area contributed by atoms with Gasteiger partial charge in [-0.05, 0) is 23.6 Å². The molecule has 8 heteroatoms. The fraction of sp³-hybridized carbons (Fsp3) is 0.111. The van der Waals surface area contributed by atoms with E-state index in [1.807, 2.05) is 11.4 Å². The van der Waals surface area contributed by atoms with Crippen LogP contribution in [0.3, 0.4) is 0 Å². The fourth-order valence-corrected chi connectivity index (χ4v) is 2.74. The zero-order chi connectivity index (χ0) is 18.2. The molecule has 3 aromatic rings. The van der Waals surface area contributed by atoms with Gasteiger partial charge in [0, 0.05) is 37.1 Å². The van der Waals surface area contributed by atoms with E-state index in [2.05, 4.69) is 20.6 Å². The monoisotopic (exact) mass is 368 g/mol. The van der Waals surface area contributed by atoms with Crippen LogP contribution in [0.25, 0.3) is 0 Å². The van der Waals surface area contributed by atoms with Crippen molar-refractivity contribution in [2.75, 3.05) is 11.9 Å². The van der Waals surface area contributed by atoms with Crippen molar-refractivity contribution >= 4 is 28.8 Å². The number of thiophene rings is 1. The molecule has 0 aliphatic carbocycles. The number of ether oxygens (including phenoxy) is 1. The molecule has 0 bridgehead atoms. The van der Waals surface area contributed by atoms with Gasteiger partial charge in [-0.15, -0.1) is 11.3 Å². The number of hydrogen-bond donors (Lipinski definition) is 2. The van der Waals surface area contributed by atoms with Gasteiger partial charge >= 0.3 is 0 Å². The Morgan fingerprint density at radius 2 is 2.08 bits per heavy atom. The van der Waals surface area contributed by atoms with Crippen LogP contribution in [-0.2, 0) is 4.79 Å². The number of rotatable bonds is 7. The van der Waals surface area contributed by atoms with E-state index in [9.17, 15) is 9.59 Å². The molecule has 2 N–H and O–H groups in total. The fourth-order valence-electron chi connectivity index (χ4n) is 2.10. The average molecular weight is 368 g/mol. The van der Waals surface area contributed by atoms with Gasteiger partial charge in [0.15, 0.2) is 0 Å². The molecule has 0 radical (unpaired) electrons. The van der Waals surface area contributed by atoms with E-state index in [0.29, 0.717) is 22.2 Å². The summed E-state index contributed by atoms with van der Waals surface area (Å²) in [7, 11) is 0. The highest BCUT2D eigenvalue weighted by molar-refractivity contribution is 7.12. The van der Waals surface area contributed by atoms with Crippen molar-refractivity contribution in [2.45, 2.75) is 6.42 Å². The van der Waals surface area contributed by atoms with Crippen LogP contribution < -0.4 is 15.4 Å². The second-order valence-electron chi connectivity index (χ2n) is 5.20. The molecule has 26 heavy (non-hydrogen) atoms. The van der Waals surface area contributed by atoms with Gasteiger partial charge in [-0.2, -0.15) is 0 Å². The van der Waals surface area contributed by atoms with Crippen LogP contribution >= 0.6 is 11.3 Å². The minimum atomic E-state index is -0.201. The van der Waals surface area contributed by atoms with E-state index >= 15 is 0 Å². The molecule has 2 aromatic heterocycles. The lowest BCUT2D eigenvalue weighted by molar-refractivity contribution is -0.116. The normalized spacial score (nSPS) is 10.2. The Bertz CT molecular complexity index is 869. The molecule has 132 valence electrons. The van der Waals surface area contributed by atoms with Crippen LogP contribution in [0.15, 0.2) is 60.4 Å². The number of nitrogens with one attached hydrogen (secondary N) is 2. The molecule has 1 aromatic carbocycles. The van der Waals surface area contributed by atoms with Crippen molar-refractivity contribution in [1.29, 1.82) is 0 Å². The number of amides is 2. The number of carbonyl (C=O) groups is 2. The van der Waals surface area contributed by atoms with Gasteiger partial charge in [0.05, 0.1) is 11.1 Å². The third kappa shape index (κ3) is 5.12. The number of nitrogens with zero attached hydrogens (tertiary/aromatic N) is 2. The Kier molecular flexibility index (Phi) is 5.89. The Labute approximate surface area is 154 Å². The second kappa shape index (κ2) is 8.72. The van der Waals surface area contributed by atoms with Crippen molar-refractivity contribution in [3.8, 4) is 11.6 Å². The number of hydrogen-bond acceptors (Lipinski definition) is 6. The molecule has 0 saturated heterocycles. The van der Waals surface area contributed by atoms with Gasteiger partial charge in [-0.1, -0.05) is 12.1 Å². The summed E-state index contributed by atoms with van der Waals surface area (Å²) in [5.74, 6) is 0.530. The van der Waals surface area contributed by atoms with E-state index < -0.39 is 0 Å². The van der Waals surface area contributed by atoms with Crippen molar-refractivity contribution < 1.29 is 14.3 Å². The Balaban J connectivity index is 1.48. The molecule has 0 fully saturated rings. The lowest BCUT2D eigenvalue weighted by atomic mass is 10.3. The predicted octanol–water partition coefficient (Wildman–Crippen LogP) is 3.09. The maximum atomic E-state index is 12.0. The van der Waals surface area contributed by atoms with Crippen molar-refractivity contribution in [2.24, 2.45) is 0 Å². The van der Waals surface area contributed by atoms with Crippen LogP contribution in [0.2, 0.25) is 0 Å². The summed E-state index contributed by atoms with van der Waals surface area (Å²) < 4.78 is 5.57. The number of aromatic nitrogens is 2. The zero-order valence-corrected chi connectivity index (χ0v) is 14.5. The molecular formula is C18H16N4O3S. The number of anilines is 1. The van der Waals surface area contributed by atoms with Crippen LogP contribution in [0, 0.1) is 0 Å². The summed E-state index contributed by atoms with van der Waals surface area (Å²) >= 11 is 1.36. The van der Waals surface area contributed by atoms with Crippen LogP contribution in [0.4, 0.5) is 5.69 Å². The van der Waals surface area contributed by atoms with Gasteiger partial charge in [-0.25, -0.2) is 4.98 Å². The third-order valence-corrected chi connectivity index (χ3v) is 4.13. The molecule has 2 amide bonds. The zero-order valence-electron chi connectivity index (χ0n) is 13.7. The highest BCUT2D eigenvalue weighted by Gasteiger charge is 2.08. The smallest absolute Gasteiger partial charge is 0.261 e. The Morgan fingerprint density at radius 3 is 2.85 bits per heavy atom. The maximum Gasteiger partial charge on any atom is 0.261 e. The van der Waals surface area contributed by atoms with E-state index in [0.717, 1.165) is 0 Å². The summed E-state index contributed by atoms with van der Waals surface area (Å²) in [6, 6.07) is 10.5. The molecule has 2 heterocycles. The first-order chi connectivity index (χ1) is 12.7. The first-order valence-corrected chi connectivity index (χ1v) is 8.74. The molecule has 0 aliphatic heterocycles. The van der Waals surface area contributed by atoms with E-state index in [1.165, 1.54) is 23.7 Å². The van der Waals surface area contributed by atoms with Crippen LogP contribution in [0.5, 0.6) is 11.6 Å². The Morgan fingerprint density at radius 1 is 1.15 bits per heavy atom. The quantitative estimate of drug-likeness (QED) is 0.668. The first kappa shape index (κ1) is 17.6. The molecule has 0 saturated carbocycles. The summed E-state index contributed by atoms with van der Waals surface area (Å²) in [5, 5.41) is 7.32. The van der Waals surface area contributed by atoms with Crippen LogP contribution in [0.1, 0.15) is 16.1 Å². The summed E-state index contributed by atoms with van der Waals surface area (Å²) in [6.45, 7) is 0.262. The minimum absolute atomic E-state index is 0.173. The standard InChI is InChI=1S/C18H16N4O3S/c23-16(6-7-21-18(24)15-5-2-10-26-15)22-13-3-1-4-14(11-13)25-17-12-19-8-9-20-17/h1-5,8-12H,6-7H2,(H,21,24)(H,22,23). The molecule has 0 atom stereocenters. The molecular weight excluding hydrogens is 352 g/mol. The van der Waals surface area contributed by atoms with E-state index in [1.54, 1.807) is 36.5 Å². The largest absolute Gasteiger partial charge is 0.437 e. The molecule has 0 spiro atoms. The SMILES string of the molecule is O=C(CCNC(=O)c1cccs1)Nc1cccc(Oc2cnccn2)c1. The third-order valence-electron chi connectivity index (χ3n) is 3.26.